The Kier molecular flexibility index (Phi) is 10.1. The number of hydrogen-bond acceptors (Lipinski definition) is 4. The first-order valence-corrected chi connectivity index (χ1v) is 9.01. The van der Waals surface area contributed by atoms with Gasteiger partial charge in [0.1, 0.15) is 5.60 Å². The molecule has 0 saturated heterocycles. The van der Waals surface area contributed by atoms with E-state index >= 15 is 0 Å². The zero-order valence-electron chi connectivity index (χ0n) is 16.9. The molecule has 0 fully saturated rings. The van der Waals surface area contributed by atoms with Crippen molar-refractivity contribution in [3.8, 4) is 11.5 Å². The summed E-state index contributed by atoms with van der Waals surface area (Å²) in [7, 11) is 3.23. The summed E-state index contributed by atoms with van der Waals surface area (Å²) in [5.74, 6) is 1.98. The summed E-state index contributed by atoms with van der Waals surface area (Å²) in [6, 6.07) is 15.3. The Morgan fingerprint density at radius 1 is 1.04 bits per heavy atom. The lowest BCUT2D eigenvalue weighted by molar-refractivity contribution is 0.0617. The highest BCUT2D eigenvalue weighted by atomic mass is 127. The van der Waals surface area contributed by atoms with Crippen molar-refractivity contribution in [1.29, 1.82) is 0 Å². The molecule has 0 heterocycles. The minimum Gasteiger partial charge on any atom is -0.493 e. The smallest absolute Gasteiger partial charge is 0.191 e. The number of nitrogens with one attached hydrogen (secondary N) is 2. The van der Waals surface area contributed by atoms with Crippen LogP contribution in [0.4, 0.5) is 0 Å². The van der Waals surface area contributed by atoms with Gasteiger partial charge in [0.2, 0.25) is 0 Å². The predicted molar refractivity (Wildman–Crippen MR) is 124 cm³/mol. The lowest BCUT2D eigenvalue weighted by Gasteiger charge is -2.25. The second-order valence-electron chi connectivity index (χ2n) is 6.34. The highest BCUT2D eigenvalue weighted by molar-refractivity contribution is 14.0. The average molecular weight is 499 g/mol. The van der Waals surface area contributed by atoms with Crippen LogP contribution < -0.4 is 20.1 Å². The van der Waals surface area contributed by atoms with Gasteiger partial charge in [-0.3, -0.25) is 0 Å². The van der Waals surface area contributed by atoms with Gasteiger partial charge in [-0.2, -0.15) is 0 Å². The molecular formula is C21H30IN3O3. The van der Waals surface area contributed by atoms with Crippen LogP contribution in [-0.4, -0.2) is 38.4 Å². The molecule has 2 aromatic rings. The van der Waals surface area contributed by atoms with Crippen LogP contribution in [0.1, 0.15) is 25.0 Å². The van der Waals surface area contributed by atoms with Crippen molar-refractivity contribution in [1.82, 2.24) is 10.6 Å². The highest BCUT2D eigenvalue weighted by Gasteiger charge is 2.23. The maximum atomic E-state index is 10.8. The van der Waals surface area contributed by atoms with E-state index in [0.717, 1.165) is 11.1 Å². The summed E-state index contributed by atoms with van der Waals surface area (Å²) in [4.78, 5) is 4.61. The fourth-order valence-electron chi connectivity index (χ4n) is 2.74. The largest absolute Gasteiger partial charge is 0.493 e. The Labute approximate surface area is 184 Å². The van der Waals surface area contributed by atoms with E-state index in [9.17, 15) is 5.11 Å². The van der Waals surface area contributed by atoms with E-state index < -0.39 is 5.60 Å². The molecule has 0 spiro atoms. The molecule has 7 heteroatoms. The summed E-state index contributed by atoms with van der Waals surface area (Å²) in [6.07, 6.45) is 0. The van der Waals surface area contributed by atoms with Gasteiger partial charge in [0.15, 0.2) is 17.5 Å². The summed E-state index contributed by atoms with van der Waals surface area (Å²) < 4.78 is 10.8. The summed E-state index contributed by atoms with van der Waals surface area (Å²) in [6.45, 7) is 5.25. The SMILES string of the molecule is CCNC(=NCc1cccc(OC)c1OC)NCC(C)(O)c1ccccc1.I. The normalized spacial score (nSPS) is 13.1. The number of benzene rings is 2. The van der Waals surface area contributed by atoms with Crippen LogP contribution in [0, 0.1) is 0 Å². The number of ether oxygens (including phenoxy) is 2. The molecule has 0 radical (unpaired) electrons. The number of para-hydroxylation sites is 1. The van der Waals surface area contributed by atoms with Gasteiger partial charge in [-0.05, 0) is 25.5 Å². The molecule has 0 aliphatic heterocycles. The second kappa shape index (κ2) is 11.8. The number of rotatable bonds is 8. The number of guanidine groups is 1. The maximum Gasteiger partial charge on any atom is 0.191 e. The molecule has 0 aromatic heterocycles. The van der Waals surface area contributed by atoms with Gasteiger partial charge in [-0.15, -0.1) is 24.0 Å². The third-order valence-corrected chi connectivity index (χ3v) is 4.23. The van der Waals surface area contributed by atoms with Crippen LogP contribution in [0.15, 0.2) is 53.5 Å². The topological polar surface area (TPSA) is 75.1 Å². The zero-order chi connectivity index (χ0) is 19.7. The molecule has 6 nitrogen and oxygen atoms in total. The lowest BCUT2D eigenvalue weighted by atomic mass is 9.96. The molecule has 1 unspecified atom stereocenters. The Bertz CT molecular complexity index is 752. The van der Waals surface area contributed by atoms with E-state index in [1.165, 1.54) is 0 Å². The van der Waals surface area contributed by atoms with Crippen LogP contribution in [0.5, 0.6) is 11.5 Å². The number of hydrogen-bond donors (Lipinski definition) is 3. The molecule has 154 valence electrons. The van der Waals surface area contributed by atoms with Gasteiger partial charge < -0.3 is 25.2 Å². The van der Waals surface area contributed by atoms with Crippen molar-refractivity contribution in [2.24, 2.45) is 4.99 Å². The standard InChI is InChI=1S/C21H29N3O3.HI/c1-5-22-20(24-15-21(2,25)17-11-7-6-8-12-17)23-14-16-10-9-13-18(26-3)19(16)27-4;/h6-13,25H,5,14-15H2,1-4H3,(H2,22,23,24);1H. The molecule has 0 aliphatic carbocycles. The van der Waals surface area contributed by atoms with Gasteiger partial charge in [-0.25, -0.2) is 4.99 Å². The third kappa shape index (κ3) is 6.56. The Hall–Kier alpha value is -2.00. The number of methoxy groups -OCH3 is 2. The molecule has 2 aromatic carbocycles. The van der Waals surface area contributed by atoms with Gasteiger partial charge >= 0.3 is 0 Å². The van der Waals surface area contributed by atoms with Crippen LogP contribution in [0.3, 0.4) is 0 Å². The summed E-state index contributed by atoms with van der Waals surface area (Å²) >= 11 is 0. The Morgan fingerprint density at radius 3 is 2.36 bits per heavy atom. The van der Waals surface area contributed by atoms with Crippen molar-refractivity contribution < 1.29 is 14.6 Å². The number of aliphatic hydroxyl groups is 1. The van der Waals surface area contributed by atoms with Crippen molar-refractivity contribution in [2.75, 3.05) is 27.3 Å². The van der Waals surface area contributed by atoms with Gasteiger partial charge in [0.05, 0.1) is 27.3 Å². The van der Waals surface area contributed by atoms with Crippen molar-refractivity contribution in [2.45, 2.75) is 26.0 Å². The monoisotopic (exact) mass is 499 g/mol. The fourth-order valence-corrected chi connectivity index (χ4v) is 2.74. The fraction of sp³-hybridized carbons (Fsp3) is 0.381. The summed E-state index contributed by atoms with van der Waals surface area (Å²) in [5, 5.41) is 17.2. The first-order chi connectivity index (χ1) is 13.0. The number of nitrogens with zero attached hydrogens (tertiary/aromatic N) is 1. The highest BCUT2D eigenvalue weighted by Crippen LogP contribution is 2.31. The van der Waals surface area contributed by atoms with E-state index in [1.807, 2.05) is 55.5 Å². The predicted octanol–water partition coefficient (Wildman–Crippen LogP) is 3.28. The molecule has 0 bridgehead atoms. The molecule has 28 heavy (non-hydrogen) atoms. The minimum atomic E-state index is -1.01. The quantitative estimate of drug-likeness (QED) is 0.296. The van der Waals surface area contributed by atoms with Crippen molar-refractivity contribution in [3.05, 3.63) is 59.7 Å². The lowest BCUT2D eigenvalue weighted by Crippen LogP contribution is -2.44. The second-order valence-corrected chi connectivity index (χ2v) is 6.34. The van der Waals surface area contributed by atoms with Crippen molar-refractivity contribution in [3.63, 3.8) is 0 Å². The number of aliphatic imine (C=N–C) groups is 1. The molecule has 0 amide bonds. The van der Waals surface area contributed by atoms with Gasteiger partial charge in [-0.1, -0.05) is 42.5 Å². The minimum absolute atomic E-state index is 0. The Morgan fingerprint density at radius 2 is 1.75 bits per heavy atom. The Balaban J connectivity index is 0.00000392. The average Bonchev–Trinajstić information content (AvgIpc) is 2.70. The van der Waals surface area contributed by atoms with E-state index in [2.05, 4.69) is 15.6 Å². The van der Waals surface area contributed by atoms with Crippen LogP contribution in [0.2, 0.25) is 0 Å². The number of halogens is 1. The van der Waals surface area contributed by atoms with Crippen LogP contribution in [0.25, 0.3) is 0 Å². The zero-order valence-corrected chi connectivity index (χ0v) is 19.2. The summed E-state index contributed by atoms with van der Waals surface area (Å²) in [5.41, 5.74) is 0.761. The van der Waals surface area contributed by atoms with E-state index in [4.69, 9.17) is 9.47 Å². The molecule has 1 atom stereocenters. The van der Waals surface area contributed by atoms with E-state index in [0.29, 0.717) is 37.1 Å². The third-order valence-electron chi connectivity index (χ3n) is 4.23. The molecule has 0 saturated carbocycles. The van der Waals surface area contributed by atoms with Crippen LogP contribution >= 0.6 is 24.0 Å². The molecular weight excluding hydrogens is 469 g/mol. The first-order valence-electron chi connectivity index (χ1n) is 9.01. The van der Waals surface area contributed by atoms with Crippen molar-refractivity contribution >= 4 is 29.9 Å². The van der Waals surface area contributed by atoms with E-state index in [-0.39, 0.29) is 24.0 Å². The maximum absolute atomic E-state index is 10.8. The first kappa shape index (κ1) is 24.0. The van der Waals surface area contributed by atoms with E-state index in [1.54, 1.807) is 21.1 Å². The molecule has 2 rings (SSSR count). The molecule has 0 aliphatic rings. The van der Waals surface area contributed by atoms with Gasteiger partial charge in [0, 0.05) is 12.1 Å². The van der Waals surface area contributed by atoms with Crippen LogP contribution in [-0.2, 0) is 12.1 Å². The van der Waals surface area contributed by atoms with Gasteiger partial charge in [0.25, 0.3) is 0 Å². The molecule has 3 N–H and O–H groups in total.